The Labute approximate surface area is 131 Å². The molecule has 0 aliphatic heterocycles. The summed E-state index contributed by atoms with van der Waals surface area (Å²) in [5, 5.41) is 0. The molecule has 0 aromatic rings. The van der Waals surface area contributed by atoms with Crippen LogP contribution in [0.25, 0.3) is 0 Å². The molecule has 0 rings (SSSR count). The molecule has 0 atom stereocenters. The van der Waals surface area contributed by atoms with E-state index >= 15 is 0 Å². The van der Waals surface area contributed by atoms with Crippen LogP contribution in [0.15, 0.2) is 0 Å². The maximum atomic E-state index is 0. The van der Waals surface area contributed by atoms with Crippen LogP contribution in [0, 0.1) is 0 Å². The summed E-state index contributed by atoms with van der Waals surface area (Å²) < 4.78 is 0. The molecular weight excluding hydrogens is 504 g/mol. The van der Waals surface area contributed by atoms with E-state index < -0.39 is 0 Å². The monoisotopic (exact) mass is 515 g/mol. The van der Waals surface area contributed by atoms with Crippen molar-refractivity contribution < 1.29 is 115 Å². The van der Waals surface area contributed by atoms with Crippen molar-refractivity contribution in [2.45, 2.75) is 0 Å². The van der Waals surface area contributed by atoms with Crippen LogP contribution in [0.1, 0.15) is 0 Å². The molecule has 0 amide bonds. The van der Waals surface area contributed by atoms with Crippen LogP contribution in [0.5, 0.6) is 0 Å². The van der Waals surface area contributed by atoms with Crippen LogP contribution >= 0.6 is 0 Å². The second-order valence-electron chi connectivity index (χ2n) is 0. The molecule has 1 radical (unpaired) electrons. The van der Waals surface area contributed by atoms with Crippen molar-refractivity contribution in [3.8, 4) is 0 Å². The standard InChI is InChI=1S/Al.Co.Ni.11H2O.W/h;;;11*1H2;/q+3;2*+2;;;;;;;;;;;;/p-11. The fraction of sp³-hybridized carbons (Fsp3) is 0. The molecule has 0 heterocycles. The normalized spacial score (nSPS) is 0. The molecule has 0 saturated carbocycles. The summed E-state index contributed by atoms with van der Waals surface area (Å²) >= 11 is 0. The first-order valence-corrected chi connectivity index (χ1v) is 0. The fourth-order valence-corrected chi connectivity index (χ4v) is 0. The van der Waals surface area contributed by atoms with E-state index in [0.29, 0.717) is 0 Å². The molecule has 109 valence electrons. The van der Waals surface area contributed by atoms with Gasteiger partial charge in [0.1, 0.15) is 0 Å². The third kappa shape index (κ3) is 945. The second kappa shape index (κ2) is 1090. The van der Waals surface area contributed by atoms with Gasteiger partial charge in [-0.3, -0.25) is 0 Å². The first-order chi connectivity index (χ1) is 0. The van der Waals surface area contributed by atoms with Crippen LogP contribution in [-0.4, -0.2) is 77.6 Å². The molecule has 0 aromatic heterocycles. The van der Waals surface area contributed by atoms with Gasteiger partial charge in [-0.25, -0.2) is 0 Å². The van der Waals surface area contributed by atoms with Crippen LogP contribution in [0.3, 0.4) is 0 Å². The van der Waals surface area contributed by atoms with Gasteiger partial charge in [0.05, 0.1) is 0 Å². The van der Waals surface area contributed by atoms with Crippen molar-refractivity contribution in [1.29, 1.82) is 0 Å². The second-order valence-corrected chi connectivity index (χ2v) is 0. The van der Waals surface area contributed by atoms with Crippen molar-refractivity contribution in [3.05, 3.63) is 0 Å². The zero-order valence-electron chi connectivity index (χ0n) is 6.55. The van der Waals surface area contributed by atoms with Crippen molar-refractivity contribution in [2.24, 2.45) is 0 Å². The van der Waals surface area contributed by atoms with Gasteiger partial charge >= 0.3 is 50.6 Å². The quantitative estimate of drug-likeness (QED) is 0.307. The summed E-state index contributed by atoms with van der Waals surface area (Å²) in [5.41, 5.74) is 0. The summed E-state index contributed by atoms with van der Waals surface area (Å²) in [4.78, 5) is 0. The summed E-state index contributed by atoms with van der Waals surface area (Å²) in [6.45, 7) is 0. The predicted molar refractivity (Wildman–Crippen MR) is 27.0 cm³/mol. The molecule has 11 N–H and O–H groups in total. The molecule has 0 bridgehead atoms. The zero-order chi connectivity index (χ0) is 0. The van der Waals surface area contributed by atoms with Gasteiger partial charge in [0, 0.05) is 21.1 Å². The molecule has 11 nitrogen and oxygen atoms in total. The summed E-state index contributed by atoms with van der Waals surface area (Å²) in [7, 11) is 0. The molecule has 0 saturated heterocycles. The van der Waals surface area contributed by atoms with E-state index in [2.05, 4.69) is 0 Å². The van der Waals surface area contributed by atoms with Crippen molar-refractivity contribution in [3.63, 3.8) is 0 Å². The van der Waals surface area contributed by atoms with E-state index in [1.54, 1.807) is 0 Å². The Kier molecular flexibility index (Phi) is 95500. The van der Waals surface area contributed by atoms with Gasteiger partial charge in [0.15, 0.2) is 0 Å². The molecule has 15 heteroatoms. The average molecular weight is 516 g/mol. The largest absolute Gasteiger partial charge is 3.00 e. The van der Waals surface area contributed by atoms with Crippen LogP contribution in [0.2, 0.25) is 0 Å². The SMILES string of the molecule is [Al+3].[Co+2].[Ni+2].[OH-].[OH-].[OH-].[OH-].[OH-].[OH-].[OH-].[OH-].[OH-].[OH-].[OH-].[W]. The Morgan fingerprint density at radius 2 is 0.333 bits per heavy atom. The van der Waals surface area contributed by atoms with E-state index in [4.69, 9.17) is 0 Å². The van der Waals surface area contributed by atoms with E-state index in [0.717, 1.165) is 0 Å². The van der Waals surface area contributed by atoms with E-state index in [1.807, 2.05) is 0 Å². The zero-order valence-corrected chi connectivity index (χ0v) is 12.7. The molecule has 0 aromatic carbocycles. The first-order valence-electron chi connectivity index (χ1n) is 0. The Balaban J connectivity index is 0. The first kappa shape index (κ1) is 1320. The fourth-order valence-electron chi connectivity index (χ4n) is 0. The van der Waals surface area contributed by atoms with Gasteiger partial charge in [-0.05, 0) is 0 Å². The van der Waals surface area contributed by atoms with Gasteiger partial charge in [-0.1, -0.05) is 0 Å². The van der Waals surface area contributed by atoms with E-state index in [9.17, 15) is 0 Å². The van der Waals surface area contributed by atoms with Crippen molar-refractivity contribution in [1.82, 2.24) is 0 Å². The predicted octanol–water partition coefficient (Wildman–Crippen LogP) is -2.33. The topological polar surface area (TPSA) is 330 Å². The Morgan fingerprint density at radius 1 is 0.333 bits per heavy atom. The van der Waals surface area contributed by atoms with Gasteiger partial charge < -0.3 is 60.2 Å². The summed E-state index contributed by atoms with van der Waals surface area (Å²) in [5.74, 6) is 0. The minimum absolute atomic E-state index is 0. The van der Waals surface area contributed by atoms with Crippen LogP contribution in [-0.2, 0) is 54.3 Å². The molecule has 0 unspecified atom stereocenters. The smallest absolute Gasteiger partial charge is 0.870 e. The molecular formula is H11AlCoNiO11W-4. The van der Waals surface area contributed by atoms with Gasteiger partial charge in [0.2, 0.25) is 0 Å². The summed E-state index contributed by atoms with van der Waals surface area (Å²) in [6.07, 6.45) is 0. The minimum Gasteiger partial charge on any atom is -0.870 e. The average Bonchev–Trinajstić information content (AvgIpc) is 0. The van der Waals surface area contributed by atoms with E-state index in [1.165, 1.54) is 0 Å². The van der Waals surface area contributed by atoms with Gasteiger partial charge in [-0.15, -0.1) is 0 Å². The van der Waals surface area contributed by atoms with Crippen LogP contribution < -0.4 is 0 Å². The molecule has 0 spiro atoms. The molecule has 0 aliphatic rings. The third-order valence-corrected chi connectivity index (χ3v) is 0. The Hall–Kier alpha value is 1.78. The number of rotatable bonds is 0. The molecule has 0 fully saturated rings. The summed E-state index contributed by atoms with van der Waals surface area (Å²) in [6, 6.07) is 0. The van der Waals surface area contributed by atoms with Crippen LogP contribution in [0.4, 0.5) is 0 Å². The maximum Gasteiger partial charge on any atom is 3.00 e. The number of hydrogen-bond donors (Lipinski definition) is 0. The van der Waals surface area contributed by atoms with Crippen molar-refractivity contribution in [2.75, 3.05) is 0 Å². The van der Waals surface area contributed by atoms with Gasteiger partial charge in [0.25, 0.3) is 0 Å². The minimum atomic E-state index is 0. The van der Waals surface area contributed by atoms with Crippen molar-refractivity contribution >= 4 is 17.4 Å². The Bertz CT molecular complexity index is 20.5. The molecule has 0 aliphatic carbocycles. The van der Waals surface area contributed by atoms with Gasteiger partial charge in [-0.2, -0.15) is 0 Å². The third-order valence-electron chi connectivity index (χ3n) is 0. The Morgan fingerprint density at radius 3 is 0.333 bits per heavy atom. The molecule has 15 heavy (non-hydrogen) atoms. The maximum absolute atomic E-state index is 0. The van der Waals surface area contributed by atoms with E-state index in [-0.39, 0.29) is 132 Å². The number of hydrogen-bond acceptors (Lipinski definition) is 11.